The second kappa shape index (κ2) is 7.83. The quantitative estimate of drug-likeness (QED) is 0.693. The molecule has 1 rings (SSSR count). The third-order valence-electron chi connectivity index (χ3n) is 3.51. The molecule has 20 heavy (non-hydrogen) atoms. The lowest BCUT2D eigenvalue weighted by atomic mass is 9.88. The fourth-order valence-corrected chi connectivity index (χ4v) is 2.14. The molecule has 1 saturated heterocycles. The predicted octanol–water partition coefficient (Wildman–Crippen LogP) is 1.66. The lowest BCUT2D eigenvalue weighted by molar-refractivity contribution is -0.165. The maximum absolute atomic E-state index is 12.6. The summed E-state index contributed by atoms with van der Waals surface area (Å²) >= 11 is 0. The highest BCUT2D eigenvalue weighted by Gasteiger charge is 2.37. The van der Waals surface area contributed by atoms with Crippen LogP contribution in [-0.2, 0) is 9.53 Å². The van der Waals surface area contributed by atoms with Gasteiger partial charge in [0.25, 0.3) is 0 Å². The molecule has 0 bridgehead atoms. The van der Waals surface area contributed by atoms with Gasteiger partial charge in [0, 0.05) is 25.7 Å². The summed E-state index contributed by atoms with van der Waals surface area (Å²) in [6.45, 7) is 4.74. The van der Waals surface area contributed by atoms with Crippen molar-refractivity contribution in [2.45, 2.75) is 26.4 Å². The van der Waals surface area contributed by atoms with Crippen LogP contribution >= 0.6 is 0 Å². The van der Waals surface area contributed by atoms with E-state index in [1.807, 2.05) is 6.92 Å². The van der Waals surface area contributed by atoms with E-state index in [0.717, 1.165) is 4.90 Å². The largest absolute Gasteiger partial charge is 0.406 e. The maximum atomic E-state index is 12.6. The molecule has 1 unspecified atom stereocenters. The van der Waals surface area contributed by atoms with Crippen molar-refractivity contribution in [2.75, 3.05) is 39.4 Å². The number of alkyl halides is 3. The van der Waals surface area contributed by atoms with Gasteiger partial charge in [0.1, 0.15) is 6.54 Å². The van der Waals surface area contributed by atoms with Gasteiger partial charge in [0.05, 0.1) is 0 Å². The number of ether oxygens (including phenoxy) is 1. The van der Waals surface area contributed by atoms with Gasteiger partial charge in [-0.25, -0.2) is 0 Å². The van der Waals surface area contributed by atoms with E-state index in [4.69, 9.17) is 4.74 Å². The van der Waals surface area contributed by atoms with E-state index in [-0.39, 0.29) is 18.4 Å². The van der Waals surface area contributed by atoms with Crippen molar-refractivity contribution >= 4 is 5.91 Å². The standard InChI is InChI=1S/C13H23F3N2O2/c1-3-20-6-4-5-18(9-13(14,15)16)12(19)10(2)11-7-17-8-11/h10-11,17H,3-9H2,1-2H3. The smallest absolute Gasteiger partial charge is 0.382 e. The van der Waals surface area contributed by atoms with Crippen LogP contribution in [0.25, 0.3) is 0 Å². The zero-order valence-electron chi connectivity index (χ0n) is 12.0. The summed E-state index contributed by atoms with van der Waals surface area (Å²) in [5.74, 6) is -0.638. The van der Waals surface area contributed by atoms with E-state index in [0.29, 0.717) is 32.7 Å². The molecule has 0 saturated carbocycles. The highest BCUT2D eigenvalue weighted by atomic mass is 19.4. The van der Waals surface area contributed by atoms with E-state index in [1.165, 1.54) is 0 Å². The molecule has 0 spiro atoms. The topological polar surface area (TPSA) is 41.6 Å². The molecule has 1 atom stereocenters. The first-order valence-corrected chi connectivity index (χ1v) is 6.99. The van der Waals surface area contributed by atoms with Crippen LogP contribution in [0.3, 0.4) is 0 Å². The molecule has 0 aromatic heterocycles. The van der Waals surface area contributed by atoms with Crippen LogP contribution in [0.1, 0.15) is 20.3 Å². The van der Waals surface area contributed by atoms with Gasteiger partial charge in [-0.05, 0) is 32.4 Å². The number of hydrogen-bond acceptors (Lipinski definition) is 3. The van der Waals surface area contributed by atoms with Crippen LogP contribution in [0.5, 0.6) is 0 Å². The number of nitrogens with one attached hydrogen (secondary N) is 1. The molecule has 0 aromatic rings. The normalized spacial score (nSPS) is 17.6. The lowest BCUT2D eigenvalue weighted by Gasteiger charge is -2.35. The Balaban J connectivity index is 2.52. The van der Waals surface area contributed by atoms with Gasteiger partial charge in [-0.15, -0.1) is 0 Å². The first-order chi connectivity index (χ1) is 9.35. The van der Waals surface area contributed by atoms with Crippen molar-refractivity contribution in [3.63, 3.8) is 0 Å². The number of halogens is 3. The summed E-state index contributed by atoms with van der Waals surface area (Å²) in [7, 11) is 0. The fourth-order valence-electron chi connectivity index (χ4n) is 2.14. The summed E-state index contributed by atoms with van der Waals surface area (Å²) in [5, 5.41) is 3.03. The molecule has 1 aliphatic rings. The number of carbonyl (C=O) groups excluding carboxylic acids is 1. The highest BCUT2D eigenvalue weighted by Crippen LogP contribution is 2.22. The molecule has 0 aliphatic carbocycles. The van der Waals surface area contributed by atoms with Crippen LogP contribution in [0, 0.1) is 11.8 Å². The molecule has 1 amide bonds. The monoisotopic (exact) mass is 296 g/mol. The van der Waals surface area contributed by atoms with Gasteiger partial charge < -0.3 is 15.0 Å². The van der Waals surface area contributed by atoms with Crippen molar-refractivity contribution in [3.8, 4) is 0 Å². The molecule has 0 radical (unpaired) electrons. The predicted molar refractivity (Wildman–Crippen MR) is 69.3 cm³/mol. The van der Waals surface area contributed by atoms with Crippen LogP contribution in [-0.4, -0.2) is 56.4 Å². The minimum atomic E-state index is -4.36. The summed E-state index contributed by atoms with van der Waals surface area (Å²) in [5.41, 5.74) is 0. The van der Waals surface area contributed by atoms with Gasteiger partial charge in [0.2, 0.25) is 5.91 Å². The molecular formula is C13H23F3N2O2. The third kappa shape index (κ3) is 5.66. The van der Waals surface area contributed by atoms with Gasteiger partial charge >= 0.3 is 6.18 Å². The number of hydrogen-bond donors (Lipinski definition) is 1. The van der Waals surface area contributed by atoms with Crippen molar-refractivity contribution < 1.29 is 22.7 Å². The average Bonchev–Trinajstić information content (AvgIpc) is 2.28. The van der Waals surface area contributed by atoms with Crippen LogP contribution in [0.15, 0.2) is 0 Å². The Morgan fingerprint density at radius 3 is 2.55 bits per heavy atom. The summed E-state index contributed by atoms with van der Waals surface area (Å²) in [6, 6.07) is 0. The molecule has 0 aromatic carbocycles. The number of amides is 1. The second-order valence-electron chi connectivity index (χ2n) is 5.13. The van der Waals surface area contributed by atoms with E-state index in [2.05, 4.69) is 5.32 Å². The molecular weight excluding hydrogens is 273 g/mol. The average molecular weight is 296 g/mol. The minimum absolute atomic E-state index is 0.0861. The number of rotatable bonds is 8. The van der Waals surface area contributed by atoms with Gasteiger partial charge in [-0.3, -0.25) is 4.79 Å². The molecule has 118 valence electrons. The first kappa shape index (κ1) is 17.2. The number of nitrogens with zero attached hydrogens (tertiary/aromatic N) is 1. The molecule has 1 heterocycles. The van der Waals surface area contributed by atoms with Crippen molar-refractivity contribution in [1.29, 1.82) is 0 Å². The van der Waals surface area contributed by atoms with Gasteiger partial charge in [-0.2, -0.15) is 13.2 Å². The second-order valence-corrected chi connectivity index (χ2v) is 5.13. The van der Waals surface area contributed by atoms with Crippen LogP contribution < -0.4 is 5.32 Å². The first-order valence-electron chi connectivity index (χ1n) is 6.99. The zero-order chi connectivity index (χ0) is 15.2. The maximum Gasteiger partial charge on any atom is 0.406 e. The zero-order valence-corrected chi connectivity index (χ0v) is 12.0. The lowest BCUT2D eigenvalue weighted by Crippen LogP contribution is -2.51. The van der Waals surface area contributed by atoms with Crippen molar-refractivity contribution in [1.82, 2.24) is 10.2 Å². The van der Waals surface area contributed by atoms with Crippen LogP contribution in [0.4, 0.5) is 13.2 Å². The Kier molecular flexibility index (Phi) is 6.75. The Labute approximate surface area is 117 Å². The molecule has 7 heteroatoms. The van der Waals surface area contributed by atoms with Crippen molar-refractivity contribution in [2.24, 2.45) is 11.8 Å². The summed E-state index contributed by atoms with van der Waals surface area (Å²) < 4.78 is 42.8. The van der Waals surface area contributed by atoms with E-state index in [1.54, 1.807) is 6.92 Å². The van der Waals surface area contributed by atoms with Crippen molar-refractivity contribution in [3.05, 3.63) is 0 Å². The Hall–Kier alpha value is -0.820. The summed E-state index contributed by atoms with van der Waals surface area (Å²) in [6.07, 6.45) is -3.94. The number of carbonyl (C=O) groups is 1. The Morgan fingerprint density at radius 1 is 1.45 bits per heavy atom. The van der Waals surface area contributed by atoms with E-state index >= 15 is 0 Å². The highest BCUT2D eigenvalue weighted by molar-refractivity contribution is 5.79. The van der Waals surface area contributed by atoms with E-state index < -0.39 is 18.6 Å². The Bertz CT molecular complexity index is 306. The molecule has 1 N–H and O–H groups in total. The molecule has 1 fully saturated rings. The molecule has 4 nitrogen and oxygen atoms in total. The summed E-state index contributed by atoms with van der Waals surface area (Å²) in [4.78, 5) is 13.1. The fraction of sp³-hybridized carbons (Fsp3) is 0.923. The molecule has 1 aliphatic heterocycles. The SMILES string of the molecule is CCOCCCN(CC(F)(F)F)C(=O)C(C)C1CNC1. The Morgan fingerprint density at radius 2 is 2.10 bits per heavy atom. The van der Waals surface area contributed by atoms with E-state index in [9.17, 15) is 18.0 Å². The van der Waals surface area contributed by atoms with Gasteiger partial charge in [0.15, 0.2) is 0 Å². The van der Waals surface area contributed by atoms with Gasteiger partial charge in [-0.1, -0.05) is 6.92 Å². The minimum Gasteiger partial charge on any atom is -0.382 e. The van der Waals surface area contributed by atoms with Crippen LogP contribution in [0.2, 0.25) is 0 Å². The third-order valence-corrected chi connectivity index (χ3v) is 3.51.